The van der Waals surface area contributed by atoms with E-state index in [4.69, 9.17) is 14.2 Å². The van der Waals surface area contributed by atoms with E-state index in [1.807, 2.05) is 0 Å². The van der Waals surface area contributed by atoms with Crippen LogP contribution in [0.3, 0.4) is 0 Å². The number of hydrogen-bond donors (Lipinski definition) is 0. The van der Waals surface area contributed by atoms with Crippen LogP contribution < -0.4 is 0 Å². The van der Waals surface area contributed by atoms with E-state index in [1.165, 1.54) is 6.42 Å². The van der Waals surface area contributed by atoms with Crippen molar-refractivity contribution in [3.63, 3.8) is 0 Å². The second-order valence-electron chi connectivity index (χ2n) is 4.15. The lowest BCUT2D eigenvalue weighted by Gasteiger charge is -2.23. The van der Waals surface area contributed by atoms with Crippen LogP contribution in [0.15, 0.2) is 0 Å². The molecule has 4 unspecified atom stereocenters. The van der Waals surface area contributed by atoms with E-state index in [-0.39, 0.29) is 30.4 Å². The second kappa shape index (κ2) is 4.60. The Morgan fingerprint density at radius 3 is 2.87 bits per heavy atom. The third-order valence-corrected chi connectivity index (χ3v) is 2.84. The lowest BCUT2D eigenvalue weighted by Crippen LogP contribution is -2.41. The van der Waals surface area contributed by atoms with Crippen molar-refractivity contribution in [2.45, 2.75) is 57.7 Å². The molecule has 0 aliphatic carbocycles. The van der Waals surface area contributed by atoms with Crippen molar-refractivity contribution in [2.24, 2.45) is 0 Å². The van der Waals surface area contributed by atoms with Crippen LogP contribution in [0.25, 0.3) is 0 Å². The Morgan fingerprint density at radius 1 is 1.33 bits per heavy atom. The molecule has 0 saturated carbocycles. The summed E-state index contributed by atoms with van der Waals surface area (Å²) in [7, 11) is 0. The highest BCUT2D eigenvalue weighted by atomic mass is 16.7. The summed E-state index contributed by atoms with van der Waals surface area (Å²) in [6, 6.07) is 0. The van der Waals surface area contributed by atoms with Crippen LogP contribution in [-0.2, 0) is 19.0 Å². The van der Waals surface area contributed by atoms with Crippen molar-refractivity contribution < 1.29 is 19.0 Å². The van der Waals surface area contributed by atoms with Crippen LogP contribution in [0.5, 0.6) is 0 Å². The lowest BCUT2D eigenvalue weighted by atomic mass is 10.1. The van der Waals surface area contributed by atoms with Gasteiger partial charge >= 0.3 is 0 Å². The van der Waals surface area contributed by atoms with Crippen molar-refractivity contribution in [1.82, 2.24) is 0 Å². The number of epoxide rings is 1. The summed E-state index contributed by atoms with van der Waals surface area (Å²) in [6.45, 7) is 4.59. The van der Waals surface area contributed by atoms with E-state index in [0.717, 1.165) is 12.8 Å². The van der Waals surface area contributed by atoms with Gasteiger partial charge in [0.2, 0.25) is 0 Å². The predicted octanol–water partition coefficient (Wildman–Crippen LogP) is 1.27. The zero-order chi connectivity index (χ0) is 10.8. The molecule has 4 nitrogen and oxygen atoms in total. The molecule has 0 radical (unpaired) electrons. The van der Waals surface area contributed by atoms with Gasteiger partial charge in [0.15, 0.2) is 18.2 Å². The standard InChI is InChI=1S/C11H18O4/c1-3-4-5-6-13-11-10-9(15-10)8(12)7(2)14-11/h7,9-11H,3-6H2,1-2H3. The lowest BCUT2D eigenvalue weighted by molar-refractivity contribution is -0.187. The Hall–Kier alpha value is -0.450. The normalized spacial score (nSPS) is 38.9. The van der Waals surface area contributed by atoms with Crippen LogP contribution >= 0.6 is 0 Å². The molecule has 0 bridgehead atoms. The fraction of sp³-hybridized carbons (Fsp3) is 0.909. The molecule has 86 valence electrons. The first-order valence-electron chi connectivity index (χ1n) is 5.70. The molecule has 2 aliphatic rings. The average molecular weight is 214 g/mol. The minimum atomic E-state index is -0.384. The summed E-state index contributed by atoms with van der Waals surface area (Å²) >= 11 is 0. The van der Waals surface area contributed by atoms with Gasteiger partial charge in [-0.15, -0.1) is 0 Å². The Balaban J connectivity index is 1.72. The molecule has 0 spiro atoms. The number of fused-ring (bicyclic) bond motifs is 1. The van der Waals surface area contributed by atoms with Gasteiger partial charge < -0.3 is 14.2 Å². The molecule has 2 saturated heterocycles. The number of hydrogen-bond acceptors (Lipinski definition) is 4. The van der Waals surface area contributed by atoms with Gasteiger partial charge in [0.25, 0.3) is 0 Å². The summed E-state index contributed by atoms with van der Waals surface area (Å²) < 4.78 is 16.2. The smallest absolute Gasteiger partial charge is 0.192 e. The molecule has 4 heteroatoms. The van der Waals surface area contributed by atoms with E-state index in [0.29, 0.717) is 6.61 Å². The molecular weight excluding hydrogens is 196 g/mol. The summed E-state index contributed by atoms with van der Waals surface area (Å²) in [6.07, 6.45) is 2.25. The van der Waals surface area contributed by atoms with Crippen LogP contribution in [0.1, 0.15) is 33.1 Å². The third kappa shape index (κ3) is 2.38. The summed E-state index contributed by atoms with van der Waals surface area (Å²) in [5.74, 6) is 0.0495. The first kappa shape index (κ1) is 11.0. The Kier molecular flexibility index (Phi) is 3.38. The summed E-state index contributed by atoms with van der Waals surface area (Å²) in [5, 5.41) is 0. The number of ether oxygens (including phenoxy) is 3. The molecule has 0 aromatic heterocycles. The first-order valence-corrected chi connectivity index (χ1v) is 5.70. The number of unbranched alkanes of at least 4 members (excludes halogenated alkanes) is 2. The molecule has 15 heavy (non-hydrogen) atoms. The van der Waals surface area contributed by atoms with Gasteiger partial charge in [-0.2, -0.15) is 0 Å². The molecule has 2 heterocycles. The minimum Gasteiger partial charge on any atom is -0.356 e. The second-order valence-corrected chi connectivity index (χ2v) is 4.15. The molecule has 2 fully saturated rings. The van der Waals surface area contributed by atoms with Crippen molar-refractivity contribution in [3.05, 3.63) is 0 Å². The third-order valence-electron chi connectivity index (χ3n) is 2.84. The number of carbonyl (C=O) groups is 1. The maximum absolute atomic E-state index is 11.4. The molecule has 4 atom stereocenters. The van der Waals surface area contributed by atoms with Gasteiger partial charge in [-0.05, 0) is 13.3 Å². The molecule has 0 N–H and O–H groups in total. The van der Waals surface area contributed by atoms with E-state index < -0.39 is 0 Å². The number of ketones is 1. The highest BCUT2D eigenvalue weighted by molar-refractivity contribution is 5.90. The highest BCUT2D eigenvalue weighted by Gasteiger charge is 2.57. The molecule has 0 amide bonds. The quantitative estimate of drug-likeness (QED) is 0.511. The van der Waals surface area contributed by atoms with Crippen LogP contribution in [0, 0.1) is 0 Å². The van der Waals surface area contributed by atoms with Crippen LogP contribution in [-0.4, -0.2) is 37.0 Å². The van der Waals surface area contributed by atoms with Crippen molar-refractivity contribution in [2.75, 3.05) is 6.61 Å². The van der Waals surface area contributed by atoms with Crippen LogP contribution in [0.4, 0.5) is 0 Å². The van der Waals surface area contributed by atoms with E-state index in [1.54, 1.807) is 6.92 Å². The number of carbonyl (C=O) groups excluding carboxylic acids is 1. The summed E-state index contributed by atoms with van der Waals surface area (Å²) in [4.78, 5) is 11.4. The SMILES string of the molecule is CCCCCOC1OC(C)C(=O)C2OC12. The van der Waals surface area contributed by atoms with Crippen molar-refractivity contribution in [3.8, 4) is 0 Å². The zero-order valence-electron chi connectivity index (χ0n) is 9.27. The Labute approximate surface area is 89.9 Å². The molecule has 2 rings (SSSR count). The molecular formula is C11H18O4. The topological polar surface area (TPSA) is 48.1 Å². The van der Waals surface area contributed by atoms with Gasteiger partial charge in [0.05, 0.1) is 0 Å². The summed E-state index contributed by atoms with van der Waals surface area (Å²) in [5.41, 5.74) is 0. The number of rotatable bonds is 5. The molecule has 0 aromatic rings. The van der Waals surface area contributed by atoms with Crippen LogP contribution in [0.2, 0.25) is 0 Å². The molecule has 0 aromatic carbocycles. The van der Waals surface area contributed by atoms with E-state index in [2.05, 4.69) is 6.92 Å². The molecule has 2 aliphatic heterocycles. The minimum absolute atomic E-state index is 0.0495. The fourth-order valence-electron chi connectivity index (χ4n) is 1.82. The monoisotopic (exact) mass is 214 g/mol. The zero-order valence-corrected chi connectivity index (χ0v) is 9.27. The van der Waals surface area contributed by atoms with Gasteiger partial charge in [0.1, 0.15) is 12.2 Å². The first-order chi connectivity index (χ1) is 7.24. The fourth-order valence-corrected chi connectivity index (χ4v) is 1.82. The number of Topliss-reactive ketones (excluding diaryl/α,β-unsaturated/α-hetero) is 1. The van der Waals surface area contributed by atoms with Gasteiger partial charge in [-0.25, -0.2) is 0 Å². The average Bonchev–Trinajstić information content (AvgIpc) is 3.00. The largest absolute Gasteiger partial charge is 0.356 e. The van der Waals surface area contributed by atoms with Crippen molar-refractivity contribution in [1.29, 1.82) is 0 Å². The maximum atomic E-state index is 11.4. The van der Waals surface area contributed by atoms with Crippen molar-refractivity contribution >= 4 is 5.78 Å². The predicted molar refractivity (Wildman–Crippen MR) is 53.5 cm³/mol. The van der Waals surface area contributed by atoms with E-state index >= 15 is 0 Å². The Bertz CT molecular complexity index is 237. The maximum Gasteiger partial charge on any atom is 0.192 e. The van der Waals surface area contributed by atoms with E-state index in [9.17, 15) is 4.79 Å². The highest BCUT2D eigenvalue weighted by Crippen LogP contribution is 2.35. The van der Waals surface area contributed by atoms with Gasteiger partial charge in [0, 0.05) is 6.61 Å². The van der Waals surface area contributed by atoms with Gasteiger partial charge in [-0.1, -0.05) is 19.8 Å². The Morgan fingerprint density at radius 2 is 2.13 bits per heavy atom. The van der Waals surface area contributed by atoms with Gasteiger partial charge in [-0.3, -0.25) is 4.79 Å².